The van der Waals surface area contributed by atoms with Gasteiger partial charge in [0, 0.05) is 25.1 Å². The minimum atomic E-state index is -1.58. The summed E-state index contributed by atoms with van der Waals surface area (Å²) in [6.45, 7) is -0.300. The molecule has 0 unspecified atom stereocenters. The Bertz CT molecular complexity index is 761. The van der Waals surface area contributed by atoms with Gasteiger partial charge in [-0.2, -0.15) is 12.6 Å². The molecule has 0 aromatic carbocycles. The summed E-state index contributed by atoms with van der Waals surface area (Å²) in [7, 11) is 1.87. The third-order valence-electron chi connectivity index (χ3n) is 5.37. The molecule has 1 saturated carbocycles. The van der Waals surface area contributed by atoms with Gasteiger partial charge in [0.05, 0.1) is 6.42 Å². The van der Waals surface area contributed by atoms with E-state index in [-0.39, 0.29) is 36.2 Å². The number of ketones is 1. The molecule has 0 aromatic rings. The third kappa shape index (κ3) is 8.50. The third-order valence-corrected chi connectivity index (χ3v) is 5.74. The van der Waals surface area contributed by atoms with Crippen LogP contribution < -0.4 is 21.7 Å². The molecule has 0 heterocycles. The maximum absolute atomic E-state index is 12.2. The molecule has 0 bridgehead atoms. The summed E-state index contributed by atoms with van der Waals surface area (Å²) in [4.78, 5) is 70.5. The van der Waals surface area contributed by atoms with E-state index >= 15 is 0 Å². The number of hydrogen-bond acceptors (Lipinski definition) is 8. The number of Topliss-reactive ketones (excluding diaryl/α,β-unsaturated/α-hetero) is 1. The predicted octanol–water partition coefficient (Wildman–Crippen LogP) is -2.79. The Hall–Kier alpha value is -2.61. The lowest BCUT2D eigenvalue weighted by atomic mass is 9.52. The highest BCUT2D eigenvalue weighted by atomic mass is 32.1. The Morgan fingerprint density at radius 1 is 1.00 bits per heavy atom. The van der Waals surface area contributed by atoms with Gasteiger partial charge in [-0.25, -0.2) is 4.79 Å². The zero-order valence-corrected chi connectivity index (χ0v) is 18.7. The van der Waals surface area contributed by atoms with Gasteiger partial charge in [0.25, 0.3) is 0 Å². The predicted molar refractivity (Wildman–Crippen MR) is 118 cm³/mol. The smallest absolute Gasteiger partial charge is 0.327 e. The van der Waals surface area contributed by atoms with Gasteiger partial charge >= 0.3 is 11.9 Å². The number of hydrogen-bond donors (Lipinski definition) is 7. The molecule has 0 aliphatic heterocycles. The molecule has 1 aliphatic carbocycles. The molecule has 178 valence electrons. The Morgan fingerprint density at radius 2 is 1.59 bits per heavy atom. The average Bonchev–Trinajstić information content (AvgIpc) is 2.70. The van der Waals surface area contributed by atoms with E-state index in [2.05, 4.69) is 28.6 Å². The Kier molecular flexibility index (Phi) is 10.7. The number of rotatable bonds is 14. The molecule has 1 fully saturated rings. The van der Waals surface area contributed by atoms with Gasteiger partial charge in [-0.15, -0.1) is 0 Å². The molecule has 0 spiro atoms. The maximum atomic E-state index is 12.2. The highest BCUT2D eigenvalue weighted by Gasteiger charge is 2.38. The largest absolute Gasteiger partial charge is 0.481 e. The second kappa shape index (κ2) is 12.4. The van der Waals surface area contributed by atoms with Crippen molar-refractivity contribution in [2.24, 2.45) is 5.73 Å². The molecule has 3 amide bonds. The minimum Gasteiger partial charge on any atom is -0.481 e. The molecule has 0 radical (unpaired) electrons. The fourth-order valence-electron chi connectivity index (χ4n) is 3.04. The van der Waals surface area contributed by atoms with Crippen LogP contribution in [0.15, 0.2) is 0 Å². The first-order valence-corrected chi connectivity index (χ1v) is 10.7. The van der Waals surface area contributed by atoms with E-state index in [1.165, 1.54) is 0 Å². The number of amides is 3. The SMILES string of the molecule is BC1(C(=O)CCC(=O)NC[C@H](N)C(=O)N[C@@H](CC(=O)O)C(=O)N[C@@H](CS)C(=O)O)CCC1. The highest BCUT2D eigenvalue weighted by Crippen LogP contribution is 2.46. The molecule has 7 N–H and O–H groups in total. The summed E-state index contributed by atoms with van der Waals surface area (Å²) in [5.41, 5.74) is 5.70. The van der Waals surface area contributed by atoms with Crippen LogP contribution in [0, 0.1) is 0 Å². The van der Waals surface area contributed by atoms with Crippen LogP contribution in [0.4, 0.5) is 0 Å². The van der Waals surface area contributed by atoms with Crippen LogP contribution in [0.2, 0.25) is 5.31 Å². The van der Waals surface area contributed by atoms with Gasteiger partial charge in [0.1, 0.15) is 31.8 Å². The van der Waals surface area contributed by atoms with Crippen LogP contribution in [0.1, 0.15) is 38.5 Å². The molecular weight excluding hydrogens is 443 g/mol. The van der Waals surface area contributed by atoms with Gasteiger partial charge in [-0.1, -0.05) is 6.42 Å². The molecule has 12 nitrogen and oxygen atoms in total. The van der Waals surface area contributed by atoms with Gasteiger partial charge in [0.15, 0.2) is 0 Å². The number of thiol groups is 1. The lowest BCUT2D eigenvalue weighted by Gasteiger charge is -2.36. The van der Waals surface area contributed by atoms with Crippen molar-refractivity contribution in [1.29, 1.82) is 0 Å². The summed E-state index contributed by atoms with van der Waals surface area (Å²) in [6, 6.07) is -4.26. The molecule has 3 atom stereocenters. The first-order chi connectivity index (χ1) is 14.9. The summed E-state index contributed by atoms with van der Waals surface area (Å²) in [5, 5.41) is 24.2. The Morgan fingerprint density at radius 3 is 2.06 bits per heavy atom. The fraction of sp³-hybridized carbons (Fsp3) is 0.667. The molecule has 14 heteroatoms. The molecule has 1 rings (SSSR count). The topological polar surface area (TPSA) is 205 Å². The number of nitrogens with two attached hydrogens (primary N) is 1. The second-order valence-electron chi connectivity index (χ2n) is 7.99. The van der Waals surface area contributed by atoms with Crippen molar-refractivity contribution in [1.82, 2.24) is 16.0 Å². The van der Waals surface area contributed by atoms with Gasteiger partial charge in [0.2, 0.25) is 17.7 Å². The summed E-state index contributed by atoms with van der Waals surface area (Å²) >= 11 is 3.79. The lowest BCUT2D eigenvalue weighted by molar-refractivity contribution is -0.143. The van der Waals surface area contributed by atoms with Crippen LogP contribution in [0.3, 0.4) is 0 Å². The zero-order valence-electron chi connectivity index (χ0n) is 17.8. The second-order valence-corrected chi connectivity index (χ2v) is 8.35. The normalized spacial score (nSPS) is 17.1. The van der Waals surface area contributed by atoms with Gasteiger partial charge < -0.3 is 31.9 Å². The standard InChI is InChI=1S/C18H29BN4O8S/c19-18(4-1-5-18)12(24)2-3-13(25)21-7-9(20)15(28)22-10(6-14(26)27)16(29)23-11(8-32)17(30)31/h9-11,32H,1-8,19-20H2,(H,21,25)(H,22,28)(H,23,29)(H,26,27)(H,30,31)/t9-,10-,11-/m0/s1. The van der Waals surface area contributed by atoms with E-state index in [9.17, 15) is 28.8 Å². The monoisotopic (exact) mass is 472 g/mol. The Balaban J connectivity index is 2.53. The quantitative estimate of drug-likeness (QED) is 0.103. The van der Waals surface area contributed by atoms with Crippen molar-refractivity contribution in [2.45, 2.75) is 62.0 Å². The van der Waals surface area contributed by atoms with Crippen molar-refractivity contribution in [2.75, 3.05) is 12.3 Å². The first-order valence-electron chi connectivity index (χ1n) is 10.1. The summed E-state index contributed by atoms with van der Waals surface area (Å²) in [6.07, 6.45) is 1.84. The lowest BCUT2D eigenvalue weighted by Crippen LogP contribution is -2.57. The zero-order chi connectivity index (χ0) is 24.5. The molecular formula is C18H29BN4O8S. The molecule has 1 aliphatic rings. The number of nitrogens with one attached hydrogen (secondary N) is 3. The van der Waals surface area contributed by atoms with Crippen LogP contribution in [0.5, 0.6) is 0 Å². The molecule has 0 saturated heterocycles. The highest BCUT2D eigenvalue weighted by molar-refractivity contribution is 7.80. The van der Waals surface area contributed by atoms with Crippen molar-refractivity contribution in [3.8, 4) is 0 Å². The van der Waals surface area contributed by atoms with E-state index < -0.39 is 54.2 Å². The van der Waals surface area contributed by atoms with Crippen LogP contribution >= 0.6 is 12.6 Å². The van der Waals surface area contributed by atoms with Crippen molar-refractivity contribution in [3.05, 3.63) is 0 Å². The number of carboxylic acid groups (broad SMARTS) is 2. The van der Waals surface area contributed by atoms with Crippen LogP contribution in [-0.2, 0) is 28.8 Å². The number of carbonyl (C=O) groups excluding carboxylic acids is 4. The van der Waals surface area contributed by atoms with Gasteiger partial charge in [-0.3, -0.25) is 24.0 Å². The summed E-state index contributed by atoms with van der Waals surface area (Å²) < 4.78 is 0. The van der Waals surface area contributed by atoms with E-state index in [0.717, 1.165) is 19.3 Å². The minimum absolute atomic E-state index is 0.0179. The van der Waals surface area contributed by atoms with Crippen molar-refractivity contribution < 1.29 is 39.0 Å². The van der Waals surface area contributed by atoms with E-state index in [1.54, 1.807) is 0 Å². The average molecular weight is 472 g/mol. The Labute approximate surface area is 191 Å². The number of carboxylic acids is 2. The number of carbonyl (C=O) groups is 6. The molecule has 0 aromatic heterocycles. The molecule has 32 heavy (non-hydrogen) atoms. The maximum Gasteiger partial charge on any atom is 0.327 e. The first kappa shape index (κ1) is 27.4. The van der Waals surface area contributed by atoms with E-state index in [4.69, 9.17) is 15.9 Å². The van der Waals surface area contributed by atoms with Crippen molar-refractivity contribution in [3.63, 3.8) is 0 Å². The number of aliphatic carboxylic acids is 2. The van der Waals surface area contributed by atoms with E-state index in [0.29, 0.717) is 0 Å². The van der Waals surface area contributed by atoms with E-state index in [1.807, 2.05) is 7.85 Å². The van der Waals surface area contributed by atoms with Crippen LogP contribution in [-0.4, -0.2) is 83.9 Å². The fourth-order valence-corrected chi connectivity index (χ4v) is 3.29. The van der Waals surface area contributed by atoms with Crippen LogP contribution in [0.25, 0.3) is 0 Å². The van der Waals surface area contributed by atoms with Crippen molar-refractivity contribution >= 4 is 55.9 Å². The van der Waals surface area contributed by atoms with Gasteiger partial charge in [-0.05, 0) is 18.2 Å². The summed E-state index contributed by atoms with van der Waals surface area (Å²) in [5.74, 6) is -5.43.